The molecule has 1 aromatic carbocycles. The van der Waals surface area contributed by atoms with Crippen molar-refractivity contribution in [2.75, 3.05) is 36.4 Å². The zero-order valence-corrected chi connectivity index (χ0v) is 13.4. The molecule has 0 spiro atoms. The number of aromatic nitrogens is 3. The summed E-state index contributed by atoms with van der Waals surface area (Å²) in [6.07, 6.45) is 3.71. The smallest absolute Gasteiger partial charge is 0.132 e. The van der Waals surface area contributed by atoms with Crippen LogP contribution in [0.2, 0.25) is 0 Å². The Morgan fingerprint density at radius 3 is 2.71 bits per heavy atom. The number of rotatable bonds is 4. The lowest BCUT2D eigenvalue weighted by atomic mass is 10.2. The van der Waals surface area contributed by atoms with Crippen molar-refractivity contribution >= 4 is 17.3 Å². The predicted octanol–water partition coefficient (Wildman–Crippen LogP) is 2.42. The van der Waals surface area contributed by atoms with E-state index in [4.69, 9.17) is 4.98 Å². The van der Waals surface area contributed by atoms with E-state index >= 15 is 0 Å². The molecule has 0 radical (unpaired) electrons. The Balaban J connectivity index is 1.54. The summed E-state index contributed by atoms with van der Waals surface area (Å²) < 4.78 is 1.84. The topological polar surface area (TPSA) is 58.0 Å². The fraction of sp³-hybridized carbons (Fsp3) is 0.222. The Labute approximate surface area is 141 Å². The van der Waals surface area contributed by atoms with Crippen LogP contribution in [0.4, 0.5) is 17.3 Å². The monoisotopic (exact) mass is 320 g/mol. The fourth-order valence-electron chi connectivity index (χ4n) is 2.86. The molecule has 4 rings (SSSR count). The van der Waals surface area contributed by atoms with Crippen LogP contribution in [0.15, 0.2) is 60.9 Å². The van der Waals surface area contributed by atoms with E-state index in [1.807, 2.05) is 47.3 Å². The molecular weight excluding hydrogens is 300 g/mol. The van der Waals surface area contributed by atoms with E-state index in [1.54, 1.807) is 6.20 Å². The van der Waals surface area contributed by atoms with Gasteiger partial charge in [0.2, 0.25) is 0 Å². The molecule has 6 heteroatoms. The maximum atomic E-state index is 4.75. The first kappa shape index (κ1) is 14.7. The lowest BCUT2D eigenvalue weighted by Gasteiger charge is -2.28. The third-order valence-electron chi connectivity index (χ3n) is 4.06. The SMILES string of the molecule is c1cc(Nc2cccc(N3CCNCC3)n2)cc(-n2cccn2)c1. The Morgan fingerprint density at radius 2 is 1.88 bits per heavy atom. The van der Waals surface area contributed by atoms with E-state index in [-0.39, 0.29) is 0 Å². The molecule has 1 aliphatic heterocycles. The molecule has 1 fully saturated rings. The van der Waals surface area contributed by atoms with Crippen molar-refractivity contribution in [1.82, 2.24) is 20.1 Å². The summed E-state index contributed by atoms with van der Waals surface area (Å²) in [5.74, 6) is 1.87. The second-order valence-electron chi connectivity index (χ2n) is 5.74. The Morgan fingerprint density at radius 1 is 1.00 bits per heavy atom. The van der Waals surface area contributed by atoms with Crippen molar-refractivity contribution in [3.05, 3.63) is 60.9 Å². The lowest BCUT2D eigenvalue weighted by Crippen LogP contribution is -2.43. The molecule has 3 aromatic rings. The van der Waals surface area contributed by atoms with Crippen LogP contribution in [0.5, 0.6) is 0 Å². The molecule has 0 bridgehead atoms. The van der Waals surface area contributed by atoms with Gasteiger partial charge in [0.25, 0.3) is 0 Å². The third kappa shape index (κ3) is 3.23. The van der Waals surface area contributed by atoms with Crippen molar-refractivity contribution < 1.29 is 0 Å². The highest BCUT2D eigenvalue weighted by atomic mass is 15.3. The van der Waals surface area contributed by atoms with Crippen molar-refractivity contribution in [1.29, 1.82) is 0 Å². The molecule has 122 valence electrons. The summed E-state index contributed by atoms with van der Waals surface area (Å²) in [4.78, 5) is 7.06. The molecule has 3 heterocycles. The van der Waals surface area contributed by atoms with E-state index in [0.29, 0.717) is 0 Å². The maximum Gasteiger partial charge on any atom is 0.132 e. The lowest BCUT2D eigenvalue weighted by molar-refractivity contribution is 0.585. The Bertz CT molecular complexity index is 793. The number of benzene rings is 1. The molecule has 2 aromatic heterocycles. The average Bonchev–Trinajstić information content (AvgIpc) is 3.18. The molecule has 0 atom stereocenters. The third-order valence-corrected chi connectivity index (χ3v) is 4.06. The number of hydrogen-bond donors (Lipinski definition) is 2. The summed E-state index contributed by atoms with van der Waals surface area (Å²) in [7, 11) is 0. The predicted molar refractivity (Wildman–Crippen MR) is 96.2 cm³/mol. The second kappa shape index (κ2) is 6.72. The van der Waals surface area contributed by atoms with Gasteiger partial charge in [-0.1, -0.05) is 12.1 Å². The molecule has 0 amide bonds. The zero-order valence-electron chi connectivity index (χ0n) is 13.4. The first-order valence-corrected chi connectivity index (χ1v) is 8.18. The van der Waals surface area contributed by atoms with E-state index < -0.39 is 0 Å². The number of nitrogens with zero attached hydrogens (tertiary/aromatic N) is 4. The minimum absolute atomic E-state index is 0.851. The van der Waals surface area contributed by atoms with Crippen LogP contribution in [-0.4, -0.2) is 40.9 Å². The minimum Gasteiger partial charge on any atom is -0.354 e. The van der Waals surface area contributed by atoms with Crippen molar-refractivity contribution in [3.8, 4) is 5.69 Å². The van der Waals surface area contributed by atoms with Gasteiger partial charge >= 0.3 is 0 Å². The molecule has 1 saturated heterocycles. The van der Waals surface area contributed by atoms with Crippen LogP contribution in [0.25, 0.3) is 5.69 Å². The quantitative estimate of drug-likeness (QED) is 0.773. The summed E-state index contributed by atoms with van der Waals surface area (Å²) >= 11 is 0. The standard InChI is InChI=1S/C18H20N6/c1-4-15(14-16(5-1)24-11-3-8-20-24)21-17-6-2-7-18(22-17)23-12-9-19-10-13-23/h1-8,11,14,19H,9-10,12-13H2,(H,21,22). The zero-order chi connectivity index (χ0) is 16.2. The highest BCUT2D eigenvalue weighted by Gasteiger charge is 2.11. The van der Waals surface area contributed by atoms with Crippen LogP contribution >= 0.6 is 0 Å². The van der Waals surface area contributed by atoms with Crippen LogP contribution in [-0.2, 0) is 0 Å². The first-order chi connectivity index (χ1) is 11.9. The van der Waals surface area contributed by atoms with Crippen LogP contribution in [0, 0.1) is 0 Å². The van der Waals surface area contributed by atoms with Gasteiger partial charge in [-0.05, 0) is 36.4 Å². The number of nitrogens with one attached hydrogen (secondary N) is 2. The van der Waals surface area contributed by atoms with Gasteiger partial charge < -0.3 is 15.5 Å². The van der Waals surface area contributed by atoms with Crippen molar-refractivity contribution in [2.24, 2.45) is 0 Å². The van der Waals surface area contributed by atoms with Gasteiger partial charge in [0.1, 0.15) is 11.6 Å². The van der Waals surface area contributed by atoms with Crippen molar-refractivity contribution in [3.63, 3.8) is 0 Å². The average molecular weight is 320 g/mol. The number of piperazine rings is 1. The molecule has 1 aliphatic rings. The highest BCUT2D eigenvalue weighted by molar-refractivity contribution is 5.61. The van der Waals surface area contributed by atoms with Crippen LogP contribution < -0.4 is 15.5 Å². The fourth-order valence-corrected chi connectivity index (χ4v) is 2.86. The Hall–Kier alpha value is -2.86. The van der Waals surface area contributed by atoms with Gasteiger partial charge in [-0.25, -0.2) is 9.67 Å². The molecule has 2 N–H and O–H groups in total. The number of pyridine rings is 1. The molecule has 0 aliphatic carbocycles. The van der Waals surface area contributed by atoms with Crippen LogP contribution in [0.3, 0.4) is 0 Å². The van der Waals surface area contributed by atoms with E-state index in [0.717, 1.165) is 49.2 Å². The Kier molecular flexibility index (Phi) is 4.12. The molecule has 0 unspecified atom stereocenters. The van der Waals surface area contributed by atoms with Gasteiger partial charge in [0, 0.05) is 44.3 Å². The summed E-state index contributed by atoms with van der Waals surface area (Å²) in [5.41, 5.74) is 2.01. The van der Waals surface area contributed by atoms with Crippen LogP contribution in [0.1, 0.15) is 0 Å². The van der Waals surface area contributed by atoms with Gasteiger partial charge in [0.15, 0.2) is 0 Å². The normalized spacial score (nSPS) is 14.6. The molecular formula is C18H20N6. The molecule has 0 saturated carbocycles. The molecule has 6 nitrogen and oxygen atoms in total. The highest BCUT2D eigenvalue weighted by Crippen LogP contribution is 2.20. The van der Waals surface area contributed by atoms with Crippen molar-refractivity contribution in [2.45, 2.75) is 0 Å². The van der Waals surface area contributed by atoms with Gasteiger partial charge in [0.05, 0.1) is 5.69 Å². The van der Waals surface area contributed by atoms with E-state index in [2.05, 4.69) is 32.8 Å². The number of hydrogen-bond acceptors (Lipinski definition) is 5. The summed E-state index contributed by atoms with van der Waals surface area (Å²) in [5, 5.41) is 11.0. The minimum atomic E-state index is 0.851. The summed E-state index contributed by atoms with van der Waals surface area (Å²) in [6.45, 7) is 3.99. The largest absolute Gasteiger partial charge is 0.354 e. The van der Waals surface area contributed by atoms with E-state index in [1.165, 1.54) is 0 Å². The van der Waals surface area contributed by atoms with E-state index in [9.17, 15) is 0 Å². The summed E-state index contributed by atoms with van der Waals surface area (Å²) in [6, 6.07) is 16.2. The molecule has 24 heavy (non-hydrogen) atoms. The maximum absolute atomic E-state index is 4.75. The van der Waals surface area contributed by atoms with Gasteiger partial charge in [-0.15, -0.1) is 0 Å². The second-order valence-corrected chi connectivity index (χ2v) is 5.74. The van der Waals surface area contributed by atoms with Gasteiger partial charge in [-0.3, -0.25) is 0 Å². The van der Waals surface area contributed by atoms with Gasteiger partial charge in [-0.2, -0.15) is 5.10 Å². The number of anilines is 3. The first-order valence-electron chi connectivity index (χ1n) is 8.18.